The highest BCUT2D eigenvalue weighted by molar-refractivity contribution is 7.92. The monoisotopic (exact) mass is 430 g/mol. The fourth-order valence-corrected chi connectivity index (χ4v) is 4.16. The predicted octanol–water partition coefficient (Wildman–Crippen LogP) is 2.25. The van der Waals surface area contributed by atoms with E-state index < -0.39 is 15.6 Å². The Bertz CT molecular complexity index is 1260. The predicted molar refractivity (Wildman–Crippen MR) is 114 cm³/mol. The van der Waals surface area contributed by atoms with Crippen molar-refractivity contribution in [3.8, 4) is 11.4 Å². The van der Waals surface area contributed by atoms with Gasteiger partial charge in [-0.05, 0) is 37.3 Å². The van der Waals surface area contributed by atoms with Gasteiger partial charge in [-0.15, -0.1) is 0 Å². The number of carbonyl (C=O) groups is 1. The SMILES string of the molecule is COc1ccc(S(=O)(=O)Nc2c(C)n(C)n(-c3ccccc3)c2=O)cc1NC(C)=O. The van der Waals surface area contributed by atoms with E-state index >= 15 is 0 Å². The molecule has 9 nitrogen and oxygen atoms in total. The third-order valence-electron chi connectivity index (χ3n) is 4.58. The van der Waals surface area contributed by atoms with Crippen molar-refractivity contribution in [1.29, 1.82) is 0 Å². The Morgan fingerprint density at radius 2 is 1.77 bits per heavy atom. The normalized spacial score (nSPS) is 11.2. The fraction of sp³-hybridized carbons (Fsp3) is 0.200. The van der Waals surface area contributed by atoms with Gasteiger partial charge >= 0.3 is 0 Å². The number of hydrogen-bond acceptors (Lipinski definition) is 5. The number of benzene rings is 2. The minimum atomic E-state index is -4.11. The number of methoxy groups -OCH3 is 1. The molecule has 1 amide bonds. The smallest absolute Gasteiger partial charge is 0.296 e. The number of amides is 1. The van der Waals surface area contributed by atoms with Crippen LogP contribution in [0, 0.1) is 6.92 Å². The second kappa shape index (κ2) is 8.07. The van der Waals surface area contributed by atoms with Crippen LogP contribution >= 0.6 is 0 Å². The van der Waals surface area contributed by atoms with Crippen molar-refractivity contribution in [2.75, 3.05) is 17.1 Å². The lowest BCUT2D eigenvalue weighted by molar-refractivity contribution is -0.114. The van der Waals surface area contributed by atoms with E-state index in [1.807, 2.05) is 6.07 Å². The third kappa shape index (κ3) is 3.94. The molecular weight excluding hydrogens is 408 g/mol. The van der Waals surface area contributed by atoms with E-state index in [9.17, 15) is 18.0 Å². The molecule has 0 fully saturated rings. The second-order valence-corrected chi connectivity index (χ2v) is 8.27. The zero-order chi connectivity index (χ0) is 22.1. The molecule has 0 saturated heterocycles. The molecule has 0 aliphatic rings. The highest BCUT2D eigenvalue weighted by Crippen LogP contribution is 2.28. The van der Waals surface area contributed by atoms with Gasteiger partial charge in [-0.2, -0.15) is 0 Å². The van der Waals surface area contributed by atoms with E-state index in [0.29, 0.717) is 17.1 Å². The first-order valence-electron chi connectivity index (χ1n) is 8.98. The van der Waals surface area contributed by atoms with Gasteiger partial charge in [-0.3, -0.25) is 19.0 Å². The van der Waals surface area contributed by atoms with Crippen LogP contribution in [0.5, 0.6) is 5.75 Å². The van der Waals surface area contributed by atoms with Gasteiger partial charge in [0.05, 0.1) is 29.1 Å². The lowest BCUT2D eigenvalue weighted by atomic mass is 10.3. The third-order valence-corrected chi connectivity index (χ3v) is 5.93. The molecule has 0 bridgehead atoms. The molecule has 3 rings (SSSR count). The Hall–Kier alpha value is -3.53. The number of anilines is 2. The van der Waals surface area contributed by atoms with Gasteiger partial charge in [0.2, 0.25) is 5.91 Å². The summed E-state index contributed by atoms with van der Waals surface area (Å²) in [7, 11) is -1.03. The van der Waals surface area contributed by atoms with Crippen molar-refractivity contribution in [1.82, 2.24) is 9.36 Å². The summed E-state index contributed by atoms with van der Waals surface area (Å²) >= 11 is 0. The first-order chi connectivity index (χ1) is 14.2. The van der Waals surface area contributed by atoms with Crippen LogP contribution in [0.15, 0.2) is 58.2 Å². The minimum Gasteiger partial charge on any atom is -0.495 e. The van der Waals surface area contributed by atoms with Crippen molar-refractivity contribution < 1.29 is 17.9 Å². The van der Waals surface area contributed by atoms with Crippen molar-refractivity contribution in [2.45, 2.75) is 18.7 Å². The van der Waals surface area contributed by atoms with Gasteiger partial charge in [0, 0.05) is 14.0 Å². The Labute approximate surface area is 173 Å². The molecule has 3 aromatic rings. The first-order valence-corrected chi connectivity index (χ1v) is 10.5. The average molecular weight is 430 g/mol. The van der Waals surface area contributed by atoms with E-state index in [1.54, 1.807) is 42.9 Å². The molecule has 0 atom stereocenters. The summed E-state index contributed by atoms with van der Waals surface area (Å²) in [5.41, 5.74) is 0.705. The van der Waals surface area contributed by atoms with E-state index in [0.717, 1.165) is 0 Å². The summed E-state index contributed by atoms with van der Waals surface area (Å²) < 4.78 is 36.4. The van der Waals surface area contributed by atoms with Gasteiger partial charge in [0.15, 0.2) is 0 Å². The van der Waals surface area contributed by atoms with Gasteiger partial charge in [0.1, 0.15) is 11.4 Å². The molecule has 0 radical (unpaired) electrons. The molecule has 0 aliphatic heterocycles. The molecule has 0 spiro atoms. The Balaban J connectivity index is 2.05. The van der Waals surface area contributed by atoms with Crippen LogP contribution in [0.1, 0.15) is 12.6 Å². The van der Waals surface area contributed by atoms with Crippen LogP contribution in [0.2, 0.25) is 0 Å². The number of sulfonamides is 1. The number of ether oxygens (including phenoxy) is 1. The number of rotatable bonds is 6. The van der Waals surface area contributed by atoms with Crippen LogP contribution in [0.25, 0.3) is 5.69 Å². The van der Waals surface area contributed by atoms with Crippen LogP contribution in [0.4, 0.5) is 11.4 Å². The maximum atomic E-state index is 13.0. The number of aromatic nitrogens is 2. The molecule has 158 valence electrons. The lowest BCUT2D eigenvalue weighted by Gasteiger charge is -2.12. The van der Waals surface area contributed by atoms with Gasteiger partial charge < -0.3 is 10.1 Å². The molecular formula is C20H22N4O5S. The van der Waals surface area contributed by atoms with Crippen LogP contribution < -0.4 is 20.3 Å². The molecule has 2 aromatic carbocycles. The van der Waals surface area contributed by atoms with Crippen LogP contribution in [-0.2, 0) is 21.9 Å². The molecule has 30 heavy (non-hydrogen) atoms. The largest absolute Gasteiger partial charge is 0.495 e. The maximum absolute atomic E-state index is 13.0. The van der Waals surface area contributed by atoms with Crippen LogP contribution in [-0.4, -0.2) is 30.8 Å². The van der Waals surface area contributed by atoms with Gasteiger partial charge in [-0.25, -0.2) is 13.1 Å². The summed E-state index contributed by atoms with van der Waals surface area (Å²) in [6, 6.07) is 12.9. The zero-order valence-electron chi connectivity index (χ0n) is 17.0. The topological polar surface area (TPSA) is 111 Å². The number of nitrogens with one attached hydrogen (secondary N) is 2. The van der Waals surface area contributed by atoms with Crippen molar-refractivity contribution in [3.63, 3.8) is 0 Å². The molecule has 1 heterocycles. The quantitative estimate of drug-likeness (QED) is 0.623. The van der Waals surface area contributed by atoms with Gasteiger partial charge in [-0.1, -0.05) is 18.2 Å². The first kappa shape index (κ1) is 21.2. The highest BCUT2D eigenvalue weighted by atomic mass is 32.2. The fourth-order valence-electron chi connectivity index (χ4n) is 3.02. The molecule has 2 N–H and O–H groups in total. The number of para-hydroxylation sites is 1. The summed E-state index contributed by atoms with van der Waals surface area (Å²) in [5, 5.41) is 2.53. The number of carbonyl (C=O) groups excluding carboxylic acids is 1. The highest BCUT2D eigenvalue weighted by Gasteiger charge is 2.23. The maximum Gasteiger partial charge on any atom is 0.296 e. The Morgan fingerprint density at radius 3 is 2.37 bits per heavy atom. The molecule has 0 saturated carbocycles. The molecule has 10 heteroatoms. The Kier molecular flexibility index (Phi) is 5.70. The lowest BCUT2D eigenvalue weighted by Crippen LogP contribution is -2.23. The molecule has 1 aromatic heterocycles. The van der Waals surface area contributed by atoms with E-state index in [4.69, 9.17) is 4.74 Å². The minimum absolute atomic E-state index is 0.0572. The standard InChI is InChI=1S/C20H22N4O5S/c1-13-19(20(26)24(23(13)3)15-8-6-5-7-9-15)22-30(27,28)16-10-11-18(29-4)17(12-16)21-14(2)25/h5-12,22H,1-4H3,(H,21,25). The summed E-state index contributed by atoms with van der Waals surface area (Å²) in [5.74, 6) is -0.0630. The van der Waals surface area contributed by atoms with E-state index in [-0.39, 0.29) is 22.2 Å². The van der Waals surface area contributed by atoms with Crippen molar-refractivity contribution in [3.05, 3.63) is 64.6 Å². The Morgan fingerprint density at radius 1 is 1.10 bits per heavy atom. The average Bonchev–Trinajstić information content (AvgIpc) is 2.91. The van der Waals surface area contributed by atoms with Crippen LogP contribution in [0.3, 0.4) is 0 Å². The summed E-state index contributed by atoms with van der Waals surface area (Å²) in [6.45, 7) is 2.95. The van der Waals surface area contributed by atoms with E-state index in [2.05, 4.69) is 10.0 Å². The number of hydrogen-bond donors (Lipinski definition) is 2. The number of nitrogens with zero attached hydrogens (tertiary/aromatic N) is 2. The van der Waals surface area contributed by atoms with Crippen molar-refractivity contribution in [2.24, 2.45) is 7.05 Å². The van der Waals surface area contributed by atoms with E-state index in [1.165, 1.54) is 36.9 Å². The summed E-state index contributed by atoms with van der Waals surface area (Å²) in [4.78, 5) is 24.3. The molecule has 0 unspecified atom stereocenters. The molecule has 0 aliphatic carbocycles. The van der Waals surface area contributed by atoms with Crippen molar-refractivity contribution >= 4 is 27.3 Å². The zero-order valence-corrected chi connectivity index (χ0v) is 17.8. The summed E-state index contributed by atoms with van der Waals surface area (Å²) in [6.07, 6.45) is 0. The second-order valence-electron chi connectivity index (χ2n) is 6.59. The van der Waals surface area contributed by atoms with Gasteiger partial charge in [0.25, 0.3) is 15.6 Å².